The van der Waals surface area contributed by atoms with Gasteiger partial charge in [0.1, 0.15) is 30.5 Å². The van der Waals surface area contributed by atoms with Crippen LogP contribution in [0.5, 0.6) is 0 Å². The number of hydrogen-bond donors (Lipinski definition) is 4. The lowest BCUT2D eigenvalue weighted by atomic mass is 9.90. The third kappa shape index (κ3) is 4.60. The number of ether oxygens (including phenoxy) is 1. The summed E-state index contributed by atoms with van der Waals surface area (Å²) in [6.07, 6.45) is -1.09. The van der Waals surface area contributed by atoms with Gasteiger partial charge in [-0.15, -0.1) is 11.8 Å². The van der Waals surface area contributed by atoms with Crippen molar-refractivity contribution in [3.8, 4) is 0 Å². The molecular formula is C25H29ClO5S. The Kier molecular flexibility index (Phi) is 6.56. The third-order valence-electron chi connectivity index (χ3n) is 7.11. The molecule has 2 aromatic carbocycles. The maximum Gasteiger partial charge on any atom is 0.113 e. The first-order valence-electron chi connectivity index (χ1n) is 11.3. The molecule has 3 fully saturated rings. The summed E-state index contributed by atoms with van der Waals surface area (Å²) in [6, 6.07) is 14.0. The molecule has 1 aliphatic heterocycles. The van der Waals surface area contributed by atoms with Crippen molar-refractivity contribution in [1.82, 2.24) is 0 Å². The van der Waals surface area contributed by atoms with Gasteiger partial charge in [0, 0.05) is 15.2 Å². The molecule has 0 spiro atoms. The van der Waals surface area contributed by atoms with Crippen molar-refractivity contribution < 1.29 is 25.2 Å². The standard InChI is InChI=1S/C25H29ClO5S/c26-20-6-3-14(25-24(30)23(29)22(28)21(12-27)31-25)8-17(20)7-13-1-4-18(5-2-13)32-19-10-15-9-16(15)11-19/h1-6,8,15-16,19,21-25,27-30H,7,9-12H2/t15-,16+,19?,21-,22-,23-,24-,25+/m1/s1. The number of fused-ring (bicyclic) bond motifs is 1. The molecule has 5 nitrogen and oxygen atoms in total. The lowest BCUT2D eigenvalue weighted by Gasteiger charge is -2.40. The van der Waals surface area contributed by atoms with Gasteiger partial charge >= 0.3 is 0 Å². The maximum atomic E-state index is 10.4. The fourth-order valence-electron chi connectivity index (χ4n) is 5.14. The van der Waals surface area contributed by atoms with E-state index in [-0.39, 0.29) is 0 Å². The predicted octanol–water partition coefficient (Wildman–Crippen LogP) is 3.34. The molecule has 2 aliphatic carbocycles. The van der Waals surface area contributed by atoms with E-state index in [1.54, 1.807) is 12.1 Å². The molecule has 1 heterocycles. The lowest BCUT2D eigenvalue weighted by Crippen LogP contribution is -2.55. The zero-order valence-corrected chi connectivity index (χ0v) is 19.3. The van der Waals surface area contributed by atoms with E-state index in [4.69, 9.17) is 16.3 Å². The van der Waals surface area contributed by atoms with Crippen LogP contribution in [0.2, 0.25) is 5.02 Å². The molecule has 2 aromatic rings. The van der Waals surface area contributed by atoms with Gasteiger partial charge in [-0.25, -0.2) is 0 Å². The summed E-state index contributed by atoms with van der Waals surface area (Å²) in [5.74, 6) is 1.98. The van der Waals surface area contributed by atoms with Crippen molar-refractivity contribution in [2.75, 3.05) is 6.61 Å². The Balaban J connectivity index is 1.28. The average Bonchev–Trinajstić information content (AvgIpc) is 3.41. The van der Waals surface area contributed by atoms with Crippen LogP contribution in [-0.4, -0.2) is 56.7 Å². The van der Waals surface area contributed by atoms with Crippen LogP contribution in [0.25, 0.3) is 0 Å². The summed E-state index contributed by atoms with van der Waals surface area (Å²) in [6.45, 7) is -0.450. The lowest BCUT2D eigenvalue weighted by molar-refractivity contribution is -0.231. The number of hydrogen-bond acceptors (Lipinski definition) is 6. The van der Waals surface area contributed by atoms with Gasteiger partial charge in [0.2, 0.25) is 0 Å². The van der Waals surface area contributed by atoms with Crippen molar-refractivity contribution in [2.45, 2.75) is 66.3 Å². The van der Waals surface area contributed by atoms with Crippen molar-refractivity contribution in [3.63, 3.8) is 0 Å². The fraction of sp³-hybridized carbons (Fsp3) is 0.520. The highest BCUT2D eigenvalue weighted by molar-refractivity contribution is 8.00. The Bertz CT molecular complexity index is 942. The third-order valence-corrected chi connectivity index (χ3v) is 8.74. The molecule has 3 aliphatic rings. The van der Waals surface area contributed by atoms with E-state index in [2.05, 4.69) is 24.3 Å². The molecule has 0 amide bonds. The molecule has 1 saturated heterocycles. The quantitative estimate of drug-likeness (QED) is 0.511. The maximum absolute atomic E-state index is 10.4. The van der Waals surface area contributed by atoms with Crippen molar-refractivity contribution in [2.24, 2.45) is 11.8 Å². The van der Waals surface area contributed by atoms with E-state index in [1.165, 1.54) is 24.2 Å². The van der Waals surface area contributed by atoms with E-state index in [1.807, 2.05) is 17.8 Å². The Morgan fingerprint density at radius 2 is 1.62 bits per heavy atom. The van der Waals surface area contributed by atoms with E-state index in [0.717, 1.165) is 28.2 Å². The summed E-state index contributed by atoms with van der Waals surface area (Å²) >= 11 is 8.45. The Morgan fingerprint density at radius 1 is 0.906 bits per heavy atom. The van der Waals surface area contributed by atoms with Gasteiger partial charge in [-0.2, -0.15) is 0 Å². The molecule has 1 unspecified atom stereocenters. The minimum absolute atomic E-state index is 0.450. The van der Waals surface area contributed by atoms with Crippen LogP contribution in [0.3, 0.4) is 0 Å². The first-order valence-corrected chi connectivity index (χ1v) is 12.5. The topological polar surface area (TPSA) is 90.2 Å². The number of halogens is 1. The van der Waals surface area contributed by atoms with Gasteiger partial charge in [-0.1, -0.05) is 35.9 Å². The number of thioether (sulfide) groups is 1. The van der Waals surface area contributed by atoms with Crippen LogP contribution in [0.4, 0.5) is 0 Å². The predicted molar refractivity (Wildman–Crippen MR) is 124 cm³/mol. The average molecular weight is 477 g/mol. The van der Waals surface area contributed by atoms with Gasteiger partial charge in [-0.05, 0) is 72.4 Å². The Labute approximate surface area is 197 Å². The largest absolute Gasteiger partial charge is 0.394 e. The second-order valence-electron chi connectivity index (χ2n) is 9.39. The van der Waals surface area contributed by atoms with Crippen LogP contribution in [0.15, 0.2) is 47.4 Å². The minimum atomic E-state index is -1.40. The van der Waals surface area contributed by atoms with E-state index >= 15 is 0 Å². The fourth-order valence-corrected chi connectivity index (χ4v) is 6.69. The monoisotopic (exact) mass is 476 g/mol. The summed E-state index contributed by atoms with van der Waals surface area (Å²) in [5.41, 5.74) is 2.67. The Hall–Kier alpha value is -1.12. The highest BCUT2D eigenvalue weighted by Gasteiger charge is 2.46. The number of aliphatic hydroxyl groups excluding tert-OH is 4. The summed E-state index contributed by atoms with van der Waals surface area (Å²) in [7, 11) is 0. The van der Waals surface area contributed by atoms with Gasteiger partial charge in [0.05, 0.1) is 6.61 Å². The van der Waals surface area contributed by atoms with Gasteiger partial charge < -0.3 is 25.2 Å². The molecule has 2 saturated carbocycles. The molecule has 32 heavy (non-hydrogen) atoms. The highest BCUT2D eigenvalue weighted by Crippen LogP contribution is 2.55. The van der Waals surface area contributed by atoms with Crippen LogP contribution in [0, 0.1) is 11.8 Å². The van der Waals surface area contributed by atoms with Gasteiger partial charge in [0.25, 0.3) is 0 Å². The smallest absolute Gasteiger partial charge is 0.113 e. The van der Waals surface area contributed by atoms with E-state index in [9.17, 15) is 20.4 Å². The zero-order chi connectivity index (χ0) is 22.4. The first-order chi connectivity index (χ1) is 15.4. The van der Waals surface area contributed by atoms with Crippen molar-refractivity contribution in [1.29, 1.82) is 0 Å². The normalized spacial score (nSPS) is 36.2. The first kappa shape index (κ1) is 22.7. The second-order valence-corrected chi connectivity index (χ2v) is 11.2. The summed E-state index contributed by atoms with van der Waals surface area (Å²) in [4.78, 5) is 1.31. The molecule has 4 N–H and O–H groups in total. The van der Waals surface area contributed by atoms with Crippen LogP contribution in [0.1, 0.15) is 42.1 Å². The van der Waals surface area contributed by atoms with Gasteiger partial charge in [0.15, 0.2) is 0 Å². The molecule has 0 radical (unpaired) electrons. The van der Waals surface area contributed by atoms with Crippen LogP contribution >= 0.6 is 23.4 Å². The summed E-state index contributed by atoms with van der Waals surface area (Å²) in [5, 5.41) is 41.4. The highest BCUT2D eigenvalue weighted by atomic mass is 35.5. The summed E-state index contributed by atoms with van der Waals surface area (Å²) < 4.78 is 5.70. The molecule has 5 rings (SSSR count). The van der Waals surface area contributed by atoms with Crippen molar-refractivity contribution in [3.05, 3.63) is 64.2 Å². The molecule has 0 bridgehead atoms. The zero-order valence-electron chi connectivity index (χ0n) is 17.7. The number of rotatable bonds is 6. The van der Waals surface area contributed by atoms with Gasteiger partial charge in [-0.3, -0.25) is 0 Å². The SMILES string of the molecule is OC[C@H]1O[C@@H](c2ccc(Cl)c(Cc3ccc(SC4C[C@@H]5C[C@@H]5C4)cc3)c2)[C@H](O)[C@H](O)[C@@H]1O. The molecule has 172 valence electrons. The van der Waals surface area contributed by atoms with Crippen LogP contribution < -0.4 is 0 Å². The van der Waals surface area contributed by atoms with E-state index < -0.39 is 37.1 Å². The van der Waals surface area contributed by atoms with E-state index in [0.29, 0.717) is 17.0 Å². The molecule has 8 atom stereocenters. The number of benzene rings is 2. The Morgan fingerprint density at radius 3 is 2.31 bits per heavy atom. The second kappa shape index (κ2) is 9.26. The molecule has 0 aromatic heterocycles. The van der Waals surface area contributed by atoms with Crippen molar-refractivity contribution >= 4 is 23.4 Å². The molecule has 7 heteroatoms. The van der Waals surface area contributed by atoms with Crippen LogP contribution in [-0.2, 0) is 11.2 Å². The molecular weight excluding hydrogens is 448 g/mol. The minimum Gasteiger partial charge on any atom is -0.394 e. The number of aliphatic hydroxyl groups is 4.